The molecule has 0 aromatic carbocycles. The molecule has 2 atom stereocenters. The van der Waals surface area contributed by atoms with E-state index >= 15 is 0 Å². The molecule has 1 aromatic rings. The molecule has 0 radical (unpaired) electrons. The number of H-pyrrole nitrogens is 1. The number of carbonyl (C=O) groups excluding carboxylic acids is 2. The van der Waals surface area contributed by atoms with Crippen LogP contribution in [0.25, 0.3) is 0 Å². The summed E-state index contributed by atoms with van der Waals surface area (Å²) in [5.74, 6) is -2.27. The number of carboxylic acids is 1. The van der Waals surface area contributed by atoms with Crippen LogP contribution in [-0.4, -0.2) is 52.1 Å². The number of nitrogens with one attached hydrogen (secondary N) is 2. The zero-order valence-electron chi connectivity index (χ0n) is 11.5. The largest absolute Gasteiger partial charge is 0.481 e. The normalized spacial score (nSPS) is 13.2. The minimum Gasteiger partial charge on any atom is -0.481 e. The second kappa shape index (κ2) is 8.00. The van der Waals surface area contributed by atoms with Gasteiger partial charge in [-0.2, -0.15) is 0 Å². The predicted molar refractivity (Wildman–Crippen MR) is 71.1 cm³/mol. The predicted octanol–water partition coefficient (Wildman–Crippen LogP) is -1.20. The molecule has 0 unspecified atom stereocenters. The minimum atomic E-state index is -1.04. The topological polar surface area (TPSA) is 147 Å². The number of methoxy groups -OCH3 is 1. The van der Waals surface area contributed by atoms with E-state index in [2.05, 4.69) is 20.0 Å². The Morgan fingerprint density at radius 2 is 2.24 bits per heavy atom. The SMILES string of the molecule is COC(=O)[C@@H](Cc1cnc[nH]1)NC(=O)[C@@H](N)CCC(=O)O. The fraction of sp³-hybridized carbons (Fsp3) is 0.500. The molecule has 0 fully saturated rings. The number of nitrogens with two attached hydrogens (primary N) is 1. The average molecular weight is 298 g/mol. The molecule has 0 saturated heterocycles. The van der Waals surface area contributed by atoms with Crippen molar-refractivity contribution in [2.75, 3.05) is 7.11 Å². The van der Waals surface area contributed by atoms with Crippen LogP contribution in [0.3, 0.4) is 0 Å². The standard InChI is InChI=1S/C12H18N4O5/c1-21-12(20)9(4-7-5-14-6-15-7)16-11(19)8(13)2-3-10(17)18/h5-6,8-9H,2-4,13H2,1H3,(H,14,15)(H,16,19)(H,17,18)/t8-,9+/m0/s1. The summed E-state index contributed by atoms with van der Waals surface area (Å²) >= 11 is 0. The van der Waals surface area contributed by atoms with Gasteiger partial charge in [-0.15, -0.1) is 0 Å². The molecule has 0 aliphatic heterocycles. The number of imidazole rings is 1. The highest BCUT2D eigenvalue weighted by Gasteiger charge is 2.25. The van der Waals surface area contributed by atoms with E-state index in [-0.39, 0.29) is 19.3 Å². The van der Waals surface area contributed by atoms with Gasteiger partial charge < -0.3 is 25.9 Å². The molecule has 1 aromatic heterocycles. The van der Waals surface area contributed by atoms with Crippen LogP contribution < -0.4 is 11.1 Å². The van der Waals surface area contributed by atoms with Crippen LogP contribution in [0, 0.1) is 0 Å². The molecule has 21 heavy (non-hydrogen) atoms. The van der Waals surface area contributed by atoms with Crippen molar-refractivity contribution in [2.24, 2.45) is 5.73 Å². The molecule has 9 heteroatoms. The number of carbonyl (C=O) groups is 3. The Bertz CT molecular complexity index is 488. The van der Waals surface area contributed by atoms with Crippen molar-refractivity contribution in [1.29, 1.82) is 0 Å². The molecule has 1 rings (SSSR count). The monoisotopic (exact) mass is 298 g/mol. The highest BCUT2D eigenvalue weighted by molar-refractivity contribution is 5.87. The molecule has 0 aliphatic carbocycles. The van der Waals surface area contributed by atoms with Crippen molar-refractivity contribution in [1.82, 2.24) is 15.3 Å². The van der Waals surface area contributed by atoms with Gasteiger partial charge in [0.25, 0.3) is 0 Å². The van der Waals surface area contributed by atoms with Gasteiger partial charge in [0.2, 0.25) is 5.91 Å². The smallest absolute Gasteiger partial charge is 0.328 e. The number of ether oxygens (including phenoxy) is 1. The summed E-state index contributed by atoms with van der Waals surface area (Å²) < 4.78 is 4.62. The number of esters is 1. The van der Waals surface area contributed by atoms with Gasteiger partial charge in [0.15, 0.2) is 0 Å². The summed E-state index contributed by atoms with van der Waals surface area (Å²) in [5, 5.41) is 11.0. The number of carboxylic acid groups (broad SMARTS) is 1. The van der Waals surface area contributed by atoms with Crippen molar-refractivity contribution in [3.8, 4) is 0 Å². The molecule has 5 N–H and O–H groups in total. The minimum absolute atomic E-state index is 0.0148. The first-order valence-electron chi connectivity index (χ1n) is 6.27. The maximum Gasteiger partial charge on any atom is 0.328 e. The van der Waals surface area contributed by atoms with E-state index in [9.17, 15) is 14.4 Å². The highest BCUT2D eigenvalue weighted by atomic mass is 16.5. The van der Waals surface area contributed by atoms with Crippen molar-refractivity contribution in [2.45, 2.75) is 31.3 Å². The number of aliphatic carboxylic acids is 1. The van der Waals surface area contributed by atoms with Crippen LogP contribution in [0.2, 0.25) is 0 Å². The van der Waals surface area contributed by atoms with Crippen molar-refractivity contribution >= 4 is 17.8 Å². The van der Waals surface area contributed by atoms with E-state index in [1.165, 1.54) is 19.6 Å². The number of aromatic amines is 1. The van der Waals surface area contributed by atoms with E-state index in [0.717, 1.165) is 0 Å². The summed E-state index contributed by atoms with van der Waals surface area (Å²) in [6.07, 6.45) is 2.90. The Labute approximate surface area is 120 Å². The molecule has 116 valence electrons. The molecule has 0 spiro atoms. The molecular weight excluding hydrogens is 280 g/mol. The second-order valence-corrected chi connectivity index (χ2v) is 4.40. The van der Waals surface area contributed by atoms with Gasteiger partial charge in [-0.1, -0.05) is 0 Å². The second-order valence-electron chi connectivity index (χ2n) is 4.40. The third-order valence-electron chi connectivity index (χ3n) is 2.79. The van der Waals surface area contributed by atoms with E-state index in [1.54, 1.807) is 0 Å². The molecule has 0 aliphatic rings. The number of hydrogen-bond donors (Lipinski definition) is 4. The Hall–Kier alpha value is -2.42. The number of aromatic nitrogens is 2. The van der Waals surface area contributed by atoms with Gasteiger partial charge in [0.05, 0.1) is 19.5 Å². The molecular formula is C12H18N4O5. The molecule has 1 heterocycles. The first kappa shape index (κ1) is 16.6. The average Bonchev–Trinajstić information content (AvgIpc) is 2.95. The fourth-order valence-electron chi connectivity index (χ4n) is 1.64. The molecule has 0 saturated carbocycles. The van der Waals surface area contributed by atoms with Gasteiger partial charge in [-0.25, -0.2) is 9.78 Å². The van der Waals surface area contributed by atoms with Crippen LogP contribution in [-0.2, 0) is 25.5 Å². The Balaban J connectivity index is 2.61. The number of hydrogen-bond acceptors (Lipinski definition) is 6. The van der Waals surface area contributed by atoms with Crippen molar-refractivity contribution in [3.05, 3.63) is 18.2 Å². The summed E-state index contributed by atoms with van der Waals surface area (Å²) in [6.45, 7) is 0. The first-order chi connectivity index (χ1) is 9.93. The van der Waals surface area contributed by atoms with Crippen LogP contribution in [0.4, 0.5) is 0 Å². The van der Waals surface area contributed by atoms with E-state index in [1.807, 2.05) is 0 Å². The van der Waals surface area contributed by atoms with Crippen molar-refractivity contribution in [3.63, 3.8) is 0 Å². The number of rotatable bonds is 8. The summed E-state index contributed by atoms with van der Waals surface area (Å²) in [6, 6.07) is -1.92. The van der Waals surface area contributed by atoms with Crippen LogP contribution in [0.1, 0.15) is 18.5 Å². The summed E-state index contributed by atoms with van der Waals surface area (Å²) in [4.78, 5) is 40.6. The van der Waals surface area contributed by atoms with E-state index < -0.39 is 29.9 Å². The highest BCUT2D eigenvalue weighted by Crippen LogP contribution is 2.02. The lowest BCUT2D eigenvalue weighted by Gasteiger charge is -2.18. The van der Waals surface area contributed by atoms with Crippen molar-refractivity contribution < 1.29 is 24.2 Å². The Kier molecular flexibility index (Phi) is 6.34. The number of nitrogens with zero attached hydrogens (tertiary/aromatic N) is 1. The van der Waals surface area contributed by atoms with E-state index in [4.69, 9.17) is 10.8 Å². The number of amides is 1. The van der Waals surface area contributed by atoms with Gasteiger partial charge in [0, 0.05) is 24.7 Å². The quantitative estimate of drug-likeness (QED) is 0.441. The molecule has 0 bridgehead atoms. The van der Waals surface area contributed by atoms with Gasteiger partial charge in [-0.3, -0.25) is 9.59 Å². The van der Waals surface area contributed by atoms with Gasteiger partial charge in [0.1, 0.15) is 6.04 Å². The van der Waals surface area contributed by atoms with Gasteiger partial charge in [-0.05, 0) is 6.42 Å². The molecule has 9 nitrogen and oxygen atoms in total. The lowest BCUT2D eigenvalue weighted by molar-refractivity contribution is -0.145. The maximum atomic E-state index is 11.9. The van der Waals surface area contributed by atoms with Gasteiger partial charge >= 0.3 is 11.9 Å². The van der Waals surface area contributed by atoms with Crippen LogP contribution >= 0.6 is 0 Å². The lowest BCUT2D eigenvalue weighted by atomic mass is 10.1. The lowest BCUT2D eigenvalue weighted by Crippen LogP contribution is -2.49. The summed E-state index contributed by atoms with van der Waals surface area (Å²) in [5.41, 5.74) is 6.22. The maximum absolute atomic E-state index is 11.9. The zero-order chi connectivity index (χ0) is 15.8. The van der Waals surface area contributed by atoms with Crippen LogP contribution in [0.15, 0.2) is 12.5 Å². The zero-order valence-corrected chi connectivity index (χ0v) is 11.5. The van der Waals surface area contributed by atoms with Crippen LogP contribution in [0.5, 0.6) is 0 Å². The Morgan fingerprint density at radius 3 is 2.76 bits per heavy atom. The molecule has 1 amide bonds. The first-order valence-corrected chi connectivity index (χ1v) is 6.27. The fourth-order valence-corrected chi connectivity index (χ4v) is 1.64. The van der Waals surface area contributed by atoms with E-state index in [0.29, 0.717) is 5.69 Å². The summed E-state index contributed by atoms with van der Waals surface area (Å²) in [7, 11) is 1.21. The third-order valence-corrected chi connectivity index (χ3v) is 2.79. The third kappa shape index (κ3) is 5.61. The Morgan fingerprint density at radius 1 is 1.52 bits per heavy atom.